The van der Waals surface area contributed by atoms with Crippen LogP contribution in [0.3, 0.4) is 0 Å². The van der Waals surface area contributed by atoms with Crippen molar-refractivity contribution in [1.29, 1.82) is 0 Å². The Morgan fingerprint density at radius 3 is 2.47 bits per heavy atom. The summed E-state index contributed by atoms with van der Waals surface area (Å²) in [6.45, 7) is 4.85. The summed E-state index contributed by atoms with van der Waals surface area (Å²) < 4.78 is 0. The smallest absolute Gasteiger partial charge is 0.164 e. The molecule has 15 heavy (non-hydrogen) atoms. The van der Waals surface area contributed by atoms with E-state index in [-0.39, 0.29) is 5.78 Å². The van der Waals surface area contributed by atoms with Gasteiger partial charge in [-0.3, -0.25) is 4.79 Å². The van der Waals surface area contributed by atoms with Crippen LogP contribution >= 0.6 is 0 Å². The van der Waals surface area contributed by atoms with Gasteiger partial charge >= 0.3 is 0 Å². The second kappa shape index (κ2) is 5.08. The van der Waals surface area contributed by atoms with E-state index in [9.17, 15) is 4.79 Å². The molecule has 0 N–H and O–H groups in total. The molecule has 1 rings (SSSR count). The molecule has 1 aromatic carbocycles. The van der Waals surface area contributed by atoms with Crippen LogP contribution in [0.4, 0.5) is 0 Å². The van der Waals surface area contributed by atoms with E-state index >= 15 is 0 Å². The topological polar surface area (TPSA) is 20.3 Å². The van der Waals surface area contributed by atoms with E-state index in [4.69, 9.17) is 0 Å². The number of ketones is 1. The first-order chi connectivity index (χ1) is 7.00. The van der Waals surface area contributed by atoms with Gasteiger partial charge < -0.3 is 4.90 Å². The summed E-state index contributed by atoms with van der Waals surface area (Å²) in [5.41, 5.74) is 3.15. The Morgan fingerprint density at radius 2 is 1.93 bits per heavy atom. The monoisotopic (exact) mass is 205 g/mol. The van der Waals surface area contributed by atoms with Crippen molar-refractivity contribution in [3.63, 3.8) is 0 Å². The second-order valence-electron chi connectivity index (χ2n) is 4.29. The minimum Gasteiger partial charge on any atom is -0.309 e. The maximum absolute atomic E-state index is 11.9. The number of rotatable bonds is 4. The Kier molecular flexibility index (Phi) is 4.04. The summed E-state index contributed by atoms with van der Waals surface area (Å²) in [5.74, 6) is 0.237. The van der Waals surface area contributed by atoms with Gasteiger partial charge in [0.1, 0.15) is 0 Å². The van der Waals surface area contributed by atoms with E-state index in [1.165, 1.54) is 5.56 Å². The van der Waals surface area contributed by atoms with E-state index in [2.05, 4.69) is 6.07 Å². The van der Waals surface area contributed by atoms with Gasteiger partial charge in [-0.2, -0.15) is 0 Å². The SMILES string of the molecule is Cc1ccc(C(=O)CCN(C)C)c(C)c1. The van der Waals surface area contributed by atoms with Gasteiger partial charge in [0.2, 0.25) is 0 Å². The molecule has 0 atom stereocenters. The summed E-state index contributed by atoms with van der Waals surface area (Å²) in [5, 5.41) is 0. The molecule has 0 unspecified atom stereocenters. The van der Waals surface area contributed by atoms with Crippen molar-refractivity contribution in [3.05, 3.63) is 34.9 Å². The fraction of sp³-hybridized carbons (Fsp3) is 0.462. The van der Waals surface area contributed by atoms with Crippen molar-refractivity contribution in [2.75, 3.05) is 20.6 Å². The predicted molar refractivity (Wildman–Crippen MR) is 63.4 cm³/mol. The van der Waals surface area contributed by atoms with E-state index in [0.29, 0.717) is 6.42 Å². The summed E-state index contributed by atoms with van der Waals surface area (Å²) in [6, 6.07) is 5.99. The third-order valence-corrected chi connectivity index (χ3v) is 2.47. The molecule has 2 nitrogen and oxygen atoms in total. The molecule has 0 aromatic heterocycles. The van der Waals surface area contributed by atoms with Crippen LogP contribution in [0.1, 0.15) is 27.9 Å². The van der Waals surface area contributed by atoms with Gasteiger partial charge in [-0.1, -0.05) is 23.8 Å². The molecule has 0 aliphatic heterocycles. The largest absolute Gasteiger partial charge is 0.309 e. The molecule has 0 bridgehead atoms. The maximum atomic E-state index is 11.9. The minimum atomic E-state index is 0.237. The van der Waals surface area contributed by atoms with Crippen LogP contribution in [0.2, 0.25) is 0 Å². The molecule has 1 aromatic rings. The molecule has 2 heteroatoms. The lowest BCUT2D eigenvalue weighted by molar-refractivity contribution is 0.0972. The van der Waals surface area contributed by atoms with Gasteiger partial charge in [-0.15, -0.1) is 0 Å². The number of Topliss-reactive ketones (excluding diaryl/α,β-unsaturated/α-hetero) is 1. The van der Waals surface area contributed by atoms with Crippen molar-refractivity contribution >= 4 is 5.78 Å². The molecular weight excluding hydrogens is 186 g/mol. The average Bonchev–Trinajstić information content (AvgIpc) is 2.14. The van der Waals surface area contributed by atoms with E-state index in [1.807, 2.05) is 45.0 Å². The number of carbonyl (C=O) groups is 1. The highest BCUT2D eigenvalue weighted by molar-refractivity contribution is 5.97. The minimum absolute atomic E-state index is 0.237. The molecule has 0 spiro atoms. The molecule has 0 fully saturated rings. The lowest BCUT2D eigenvalue weighted by Crippen LogP contribution is -2.17. The molecule has 0 aliphatic carbocycles. The number of hydrogen-bond acceptors (Lipinski definition) is 2. The number of nitrogens with zero attached hydrogens (tertiary/aromatic N) is 1. The predicted octanol–water partition coefficient (Wildman–Crippen LogP) is 2.44. The summed E-state index contributed by atoms with van der Waals surface area (Å²) >= 11 is 0. The van der Waals surface area contributed by atoms with Crippen molar-refractivity contribution < 1.29 is 4.79 Å². The molecule has 0 heterocycles. The fourth-order valence-electron chi connectivity index (χ4n) is 1.59. The Bertz CT molecular complexity index is 356. The zero-order chi connectivity index (χ0) is 11.4. The van der Waals surface area contributed by atoms with E-state index in [1.54, 1.807) is 0 Å². The van der Waals surface area contributed by atoms with Gasteiger partial charge in [-0.25, -0.2) is 0 Å². The fourth-order valence-corrected chi connectivity index (χ4v) is 1.59. The Hall–Kier alpha value is -1.15. The standard InChI is InChI=1S/C13H19NO/c1-10-5-6-12(11(2)9-10)13(15)7-8-14(3)4/h5-6,9H,7-8H2,1-4H3. The van der Waals surface area contributed by atoms with Crippen LogP contribution in [0.15, 0.2) is 18.2 Å². The van der Waals surface area contributed by atoms with Gasteiger partial charge in [0, 0.05) is 18.5 Å². The molecule has 82 valence electrons. The normalized spacial score (nSPS) is 10.7. The van der Waals surface area contributed by atoms with Crippen LogP contribution in [0.25, 0.3) is 0 Å². The Labute approximate surface area is 91.9 Å². The van der Waals surface area contributed by atoms with Crippen molar-refractivity contribution in [2.45, 2.75) is 20.3 Å². The van der Waals surface area contributed by atoms with E-state index in [0.717, 1.165) is 17.7 Å². The molecule has 0 radical (unpaired) electrons. The van der Waals surface area contributed by atoms with Gasteiger partial charge in [-0.05, 0) is 33.5 Å². The first kappa shape index (κ1) is 11.9. The summed E-state index contributed by atoms with van der Waals surface area (Å²) in [7, 11) is 3.96. The van der Waals surface area contributed by atoms with Crippen molar-refractivity contribution in [2.24, 2.45) is 0 Å². The average molecular weight is 205 g/mol. The van der Waals surface area contributed by atoms with Crippen LogP contribution in [-0.4, -0.2) is 31.3 Å². The lowest BCUT2D eigenvalue weighted by atomic mass is 10.0. The highest BCUT2D eigenvalue weighted by atomic mass is 16.1. The second-order valence-corrected chi connectivity index (χ2v) is 4.29. The quantitative estimate of drug-likeness (QED) is 0.704. The number of hydrogen-bond donors (Lipinski definition) is 0. The summed E-state index contributed by atoms with van der Waals surface area (Å²) in [4.78, 5) is 13.9. The van der Waals surface area contributed by atoms with Crippen LogP contribution in [0, 0.1) is 13.8 Å². The van der Waals surface area contributed by atoms with E-state index < -0.39 is 0 Å². The highest BCUT2D eigenvalue weighted by Gasteiger charge is 2.08. The summed E-state index contributed by atoms with van der Waals surface area (Å²) in [6.07, 6.45) is 0.594. The van der Waals surface area contributed by atoms with Crippen molar-refractivity contribution in [3.8, 4) is 0 Å². The molecule has 0 saturated carbocycles. The molecule has 0 saturated heterocycles. The Balaban J connectivity index is 2.74. The van der Waals surface area contributed by atoms with Gasteiger partial charge in [0.25, 0.3) is 0 Å². The van der Waals surface area contributed by atoms with Crippen LogP contribution in [0.5, 0.6) is 0 Å². The number of benzene rings is 1. The third kappa shape index (κ3) is 3.48. The number of carbonyl (C=O) groups excluding carboxylic acids is 1. The Morgan fingerprint density at radius 1 is 1.27 bits per heavy atom. The zero-order valence-corrected chi connectivity index (χ0v) is 10.0. The molecule has 0 amide bonds. The van der Waals surface area contributed by atoms with Crippen LogP contribution in [-0.2, 0) is 0 Å². The van der Waals surface area contributed by atoms with Crippen LogP contribution < -0.4 is 0 Å². The van der Waals surface area contributed by atoms with Crippen molar-refractivity contribution in [1.82, 2.24) is 4.90 Å². The first-order valence-electron chi connectivity index (χ1n) is 5.26. The van der Waals surface area contributed by atoms with Gasteiger partial charge in [0.05, 0.1) is 0 Å². The molecular formula is C13H19NO. The first-order valence-corrected chi connectivity index (χ1v) is 5.26. The number of aryl methyl sites for hydroxylation is 2. The highest BCUT2D eigenvalue weighted by Crippen LogP contribution is 2.12. The molecule has 0 aliphatic rings. The van der Waals surface area contributed by atoms with Gasteiger partial charge in [0.15, 0.2) is 5.78 Å². The third-order valence-electron chi connectivity index (χ3n) is 2.47. The lowest BCUT2D eigenvalue weighted by Gasteiger charge is -2.10. The maximum Gasteiger partial charge on any atom is 0.164 e. The zero-order valence-electron chi connectivity index (χ0n) is 10.0.